The maximum absolute atomic E-state index is 10.9. The summed E-state index contributed by atoms with van der Waals surface area (Å²) in [5.41, 5.74) is 3.26. The summed E-state index contributed by atoms with van der Waals surface area (Å²) < 4.78 is 5.00. The van der Waals surface area contributed by atoms with Crippen LogP contribution in [-0.4, -0.2) is 25.9 Å². The standard InChI is InChI=1S/C9H9N5O4/c1-5-9(10-12-13(5)11-6(2)15)7-3-4-8(18-7)14(16)17/h3-4H,1-2H3,(H,11,15). The first kappa shape index (κ1) is 11.8. The number of aromatic nitrogens is 3. The summed E-state index contributed by atoms with van der Waals surface area (Å²) in [5, 5.41) is 18.0. The lowest BCUT2D eigenvalue weighted by atomic mass is 10.3. The Kier molecular flexibility index (Phi) is 2.80. The van der Waals surface area contributed by atoms with E-state index in [2.05, 4.69) is 15.7 Å². The third kappa shape index (κ3) is 2.05. The van der Waals surface area contributed by atoms with Gasteiger partial charge in [0.05, 0.1) is 11.8 Å². The van der Waals surface area contributed by atoms with Crippen LogP contribution in [0.1, 0.15) is 12.6 Å². The molecule has 0 fully saturated rings. The Morgan fingerprint density at radius 3 is 2.83 bits per heavy atom. The minimum absolute atomic E-state index is 0.218. The number of hydrogen-bond donors (Lipinski definition) is 1. The highest BCUT2D eigenvalue weighted by Crippen LogP contribution is 2.26. The van der Waals surface area contributed by atoms with Crippen molar-refractivity contribution in [3.8, 4) is 11.5 Å². The van der Waals surface area contributed by atoms with Gasteiger partial charge in [0.1, 0.15) is 4.92 Å². The van der Waals surface area contributed by atoms with Gasteiger partial charge in [-0.05, 0) is 18.2 Å². The molecule has 9 nitrogen and oxygen atoms in total. The summed E-state index contributed by atoms with van der Waals surface area (Å²) >= 11 is 0. The van der Waals surface area contributed by atoms with E-state index in [1.165, 1.54) is 23.8 Å². The van der Waals surface area contributed by atoms with Gasteiger partial charge in [-0.2, -0.15) is 4.79 Å². The maximum Gasteiger partial charge on any atom is 0.433 e. The fourth-order valence-electron chi connectivity index (χ4n) is 1.37. The van der Waals surface area contributed by atoms with Crippen LogP contribution in [0.4, 0.5) is 5.88 Å². The molecule has 0 saturated heterocycles. The Morgan fingerprint density at radius 1 is 1.56 bits per heavy atom. The summed E-state index contributed by atoms with van der Waals surface area (Å²) in [4.78, 5) is 21.9. The monoisotopic (exact) mass is 251 g/mol. The second-order valence-electron chi connectivity index (χ2n) is 3.50. The summed E-state index contributed by atoms with van der Waals surface area (Å²) in [6.07, 6.45) is 0. The number of carbonyl (C=O) groups is 1. The van der Waals surface area contributed by atoms with Crippen molar-refractivity contribution in [2.45, 2.75) is 13.8 Å². The van der Waals surface area contributed by atoms with E-state index in [0.29, 0.717) is 11.4 Å². The number of nitro groups is 1. The van der Waals surface area contributed by atoms with Crippen LogP contribution in [-0.2, 0) is 4.79 Å². The average molecular weight is 251 g/mol. The second kappa shape index (κ2) is 4.28. The Morgan fingerprint density at radius 2 is 2.28 bits per heavy atom. The van der Waals surface area contributed by atoms with Crippen molar-refractivity contribution < 1.29 is 14.1 Å². The van der Waals surface area contributed by atoms with Crippen molar-refractivity contribution >= 4 is 11.8 Å². The van der Waals surface area contributed by atoms with Crippen molar-refractivity contribution in [3.63, 3.8) is 0 Å². The molecule has 2 aromatic rings. The zero-order valence-electron chi connectivity index (χ0n) is 9.58. The van der Waals surface area contributed by atoms with Crippen LogP contribution in [0.25, 0.3) is 11.5 Å². The molecule has 0 aromatic carbocycles. The van der Waals surface area contributed by atoms with Gasteiger partial charge in [0, 0.05) is 6.92 Å². The second-order valence-corrected chi connectivity index (χ2v) is 3.50. The average Bonchev–Trinajstić information content (AvgIpc) is 2.86. The molecule has 0 saturated carbocycles. The lowest BCUT2D eigenvalue weighted by Gasteiger charge is -2.01. The van der Waals surface area contributed by atoms with E-state index < -0.39 is 4.92 Å². The molecule has 0 atom stereocenters. The van der Waals surface area contributed by atoms with E-state index >= 15 is 0 Å². The molecule has 1 amide bonds. The van der Waals surface area contributed by atoms with Gasteiger partial charge in [-0.15, -0.1) is 5.10 Å². The van der Waals surface area contributed by atoms with Gasteiger partial charge < -0.3 is 4.42 Å². The molecule has 1 N–H and O–H groups in total. The maximum atomic E-state index is 10.9. The van der Waals surface area contributed by atoms with Crippen LogP contribution in [0.5, 0.6) is 0 Å². The zero-order valence-corrected chi connectivity index (χ0v) is 9.58. The van der Waals surface area contributed by atoms with Gasteiger partial charge in [-0.25, -0.2) is 5.43 Å². The van der Waals surface area contributed by atoms with Gasteiger partial charge in [-0.1, -0.05) is 0 Å². The van der Waals surface area contributed by atoms with Gasteiger partial charge in [-0.3, -0.25) is 14.9 Å². The normalized spacial score (nSPS) is 10.3. The molecular weight excluding hydrogens is 242 g/mol. The highest BCUT2D eigenvalue weighted by atomic mass is 16.6. The minimum atomic E-state index is -0.642. The third-order valence-electron chi connectivity index (χ3n) is 2.16. The van der Waals surface area contributed by atoms with Crippen LogP contribution >= 0.6 is 0 Å². The molecular formula is C9H9N5O4. The van der Waals surface area contributed by atoms with Crippen molar-refractivity contribution in [3.05, 3.63) is 27.9 Å². The van der Waals surface area contributed by atoms with Crippen LogP contribution < -0.4 is 5.43 Å². The number of hydrogen-bond acceptors (Lipinski definition) is 6. The molecule has 0 aliphatic heterocycles. The predicted octanol–water partition coefficient (Wildman–Crippen LogP) is 0.845. The highest BCUT2D eigenvalue weighted by molar-refractivity contribution is 5.81. The molecule has 2 heterocycles. The molecule has 0 radical (unpaired) electrons. The SMILES string of the molecule is CC(=O)Nn1nnc(-c2ccc([N+](=O)[O-])o2)c1C. The van der Waals surface area contributed by atoms with E-state index in [1.54, 1.807) is 6.92 Å². The Hall–Kier alpha value is -2.71. The molecule has 0 spiro atoms. The number of rotatable bonds is 3. The van der Waals surface area contributed by atoms with Crippen molar-refractivity contribution in [2.75, 3.05) is 5.43 Å². The summed E-state index contributed by atoms with van der Waals surface area (Å²) in [5.74, 6) is -0.464. The van der Waals surface area contributed by atoms with Crippen LogP contribution in [0.15, 0.2) is 16.5 Å². The highest BCUT2D eigenvalue weighted by Gasteiger charge is 2.18. The predicted molar refractivity (Wildman–Crippen MR) is 59.2 cm³/mol. The molecule has 2 aromatic heterocycles. The van der Waals surface area contributed by atoms with E-state index in [-0.39, 0.29) is 17.6 Å². The van der Waals surface area contributed by atoms with Crippen LogP contribution in [0, 0.1) is 17.0 Å². The quantitative estimate of drug-likeness (QED) is 0.638. The van der Waals surface area contributed by atoms with Crippen molar-refractivity contribution in [1.82, 2.24) is 15.1 Å². The molecule has 0 unspecified atom stereocenters. The number of furan rings is 1. The molecule has 0 aliphatic rings. The number of nitrogens with one attached hydrogen (secondary N) is 1. The minimum Gasteiger partial charge on any atom is -0.399 e. The summed E-state index contributed by atoms with van der Waals surface area (Å²) in [6.45, 7) is 2.98. The lowest BCUT2D eigenvalue weighted by Crippen LogP contribution is -2.22. The van der Waals surface area contributed by atoms with Gasteiger partial charge in [0.15, 0.2) is 11.5 Å². The van der Waals surface area contributed by atoms with Crippen molar-refractivity contribution in [1.29, 1.82) is 0 Å². The van der Waals surface area contributed by atoms with E-state index in [1.807, 2.05) is 0 Å². The van der Waals surface area contributed by atoms with Gasteiger partial charge in [0.2, 0.25) is 5.91 Å². The molecule has 94 valence electrons. The van der Waals surface area contributed by atoms with Crippen LogP contribution in [0.3, 0.4) is 0 Å². The molecule has 9 heteroatoms. The first-order valence-electron chi connectivity index (χ1n) is 4.93. The number of amides is 1. The summed E-state index contributed by atoms with van der Waals surface area (Å²) in [7, 11) is 0. The van der Waals surface area contributed by atoms with Crippen molar-refractivity contribution in [2.24, 2.45) is 0 Å². The van der Waals surface area contributed by atoms with Crippen LogP contribution in [0.2, 0.25) is 0 Å². The van der Waals surface area contributed by atoms with Gasteiger partial charge in [0.25, 0.3) is 0 Å². The molecule has 18 heavy (non-hydrogen) atoms. The topological polar surface area (TPSA) is 116 Å². The first-order valence-corrected chi connectivity index (χ1v) is 4.93. The third-order valence-corrected chi connectivity index (χ3v) is 2.16. The fourth-order valence-corrected chi connectivity index (χ4v) is 1.37. The summed E-state index contributed by atoms with van der Waals surface area (Å²) in [6, 6.07) is 2.65. The Balaban J connectivity index is 2.36. The van der Waals surface area contributed by atoms with E-state index in [9.17, 15) is 14.9 Å². The fraction of sp³-hybridized carbons (Fsp3) is 0.222. The smallest absolute Gasteiger partial charge is 0.399 e. The Bertz CT molecular complexity index is 614. The Labute approximate surface area is 101 Å². The first-order chi connectivity index (χ1) is 8.49. The molecule has 0 aliphatic carbocycles. The largest absolute Gasteiger partial charge is 0.433 e. The van der Waals surface area contributed by atoms with E-state index in [4.69, 9.17) is 4.42 Å². The number of nitrogens with zero attached hydrogens (tertiary/aromatic N) is 4. The van der Waals surface area contributed by atoms with Gasteiger partial charge >= 0.3 is 5.88 Å². The molecule has 2 rings (SSSR count). The van der Waals surface area contributed by atoms with E-state index in [0.717, 1.165) is 0 Å². The number of carbonyl (C=O) groups excluding carboxylic acids is 1. The molecule has 0 bridgehead atoms. The zero-order chi connectivity index (χ0) is 13.3. The lowest BCUT2D eigenvalue weighted by molar-refractivity contribution is -0.401.